The summed E-state index contributed by atoms with van der Waals surface area (Å²) in [7, 11) is 1.65. The molecule has 4 rings (SSSR count). The highest BCUT2D eigenvalue weighted by Gasteiger charge is 2.23. The van der Waals surface area contributed by atoms with Gasteiger partial charge in [-0.25, -0.2) is 4.98 Å². The molecule has 0 aliphatic carbocycles. The second kappa shape index (κ2) is 8.41. The number of thiazole rings is 1. The number of rotatable bonds is 5. The van der Waals surface area contributed by atoms with Gasteiger partial charge in [0.2, 0.25) is 5.91 Å². The smallest absolute Gasteiger partial charge is 0.227 e. The predicted molar refractivity (Wildman–Crippen MR) is 119 cm³/mol. The van der Waals surface area contributed by atoms with E-state index in [0.717, 1.165) is 48.1 Å². The van der Waals surface area contributed by atoms with Crippen molar-refractivity contribution in [3.05, 3.63) is 53.6 Å². The first-order valence-electron chi connectivity index (χ1n) is 10.1. The SMILES string of the molecule is COc1ccc(CC(=O)N2CCN(c3nc4c(C(C)C)cccc4s3)CC2)cc1. The van der Waals surface area contributed by atoms with Crippen LogP contribution in [0, 0.1) is 0 Å². The number of hydrogen-bond acceptors (Lipinski definition) is 5. The molecule has 2 aromatic carbocycles. The van der Waals surface area contributed by atoms with Crippen molar-refractivity contribution < 1.29 is 9.53 Å². The van der Waals surface area contributed by atoms with Crippen molar-refractivity contribution in [2.75, 3.05) is 38.2 Å². The van der Waals surface area contributed by atoms with Gasteiger partial charge in [0.1, 0.15) is 5.75 Å². The summed E-state index contributed by atoms with van der Waals surface area (Å²) in [5.41, 5.74) is 3.45. The van der Waals surface area contributed by atoms with Gasteiger partial charge in [-0.1, -0.05) is 49.4 Å². The van der Waals surface area contributed by atoms with Crippen molar-refractivity contribution >= 4 is 32.6 Å². The molecular formula is C23H27N3O2S. The summed E-state index contributed by atoms with van der Waals surface area (Å²) in [6, 6.07) is 14.2. The molecule has 6 heteroatoms. The van der Waals surface area contributed by atoms with Gasteiger partial charge in [-0.2, -0.15) is 0 Å². The maximum atomic E-state index is 12.7. The number of anilines is 1. The highest BCUT2D eigenvalue weighted by Crippen LogP contribution is 2.33. The Hall–Kier alpha value is -2.60. The minimum Gasteiger partial charge on any atom is -0.497 e. The van der Waals surface area contributed by atoms with Crippen LogP contribution < -0.4 is 9.64 Å². The standard InChI is InChI=1S/C23H27N3O2S/c1-16(2)19-5-4-6-20-22(19)24-23(29-20)26-13-11-25(12-14-26)21(27)15-17-7-9-18(28-3)10-8-17/h4-10,16H,11-15H2,1-3H3. The third-order valence-electron chi connectivity index (χ3n) is 5.48. The highest BCUT2D eigenvalue weighted by atomic mass is 32.1. The number of hydrogen-bond donors (Lipinski definition) is 0. The van der Waals surface area contributed by atoms with Gasteiger partial charge in [0.25, 0.3) is 0 Å². The lowest BCUT2D eigenvalue weighted by Gasteiger charge is -2.34. The van der Waals surface area contributed by atoms with Crippen molar-refractivity contribution in [1.29, 1.82) is 0 Å². The summed E-state index contributed by atoms with van der Waals surface area (Å²) >= 11 is 1.75. The van der Waals surface area contributed by atoms with Gasteiger partial charge >= 0.3 is 0 Å². The molecule has 0 unspecified atom stereocenters. The summed E-state index contributed by atoms with van der Waals surface area (Å²) in [6.45, 7) is 7.54. The molecule has 0 saturated carbocycles. The van der Waals surface area contributed by atoms with Gasteiger partial charge in [0.15, 0.2) is 5.13 Å². The number of carbonyl (C=O) groups is 1. The Balaban J connectivity index is 1.39. The van der Waals surface area contributed by atoms with Crippen LogP contribution in [-0.2, 0) is 11.2 Å². The summed E-state index contributed by atoms with van der Waals surface area (Å²) in [4.78, 5) is 21.9. The summed E-state index contributed by atoms with van der Waals surface area (Å²) in [5, 5.41) is 1.07. The van der Waals surface area contributed by atoms with E-state index in [0.29, 0.717) is 12.3 Å². The normalized spacial score (nSPS) is 14.6. The monoisotopic (exact) mass is 409 g/mol. The summed E-state index contributed by atoms with van der Waals surface area (Å²) in [6.07, 6.45) is 0.433. The number of ether oxygens (including phenoxy) is 1. The van der Waals surface area contributed by atoms with Gasteiger partial charge in [-0.3, -0.25) is 4.79 Å². The number of carbonyl (C=O) groups excluding carboxylic acids is 1. The molecular weight excluding hydrogens is 382 g/mol. The minimum atomic E-state index is 0.182. The first-order chi connectivity index (χ1) is 14.0. The first-order valence-corrected chi connectivity index (χ1v) is 10.9. The number of benzene rings is 2. The van der Waals surface area contributed by atoms with Crippen molar-refractivity contribution in [2.45, 2.75) is 26.2 Å². The average molecular weight is 410 g/mol. The zero-order valence-corrected chi connectivity index (χ0v) is 18.0. The van der Waals surface area contributed by atoms with Crippen LogP contribution in [-0.4, -0.2) is 49.1 Å². The van der Waals surface area contributed by atoms with E-state index in [1.807, 2.05) is 29.2 Å². The third kappa shape index (κ3) is 4.22. The van der Waals surface area contributed by atoms with Gasteiger partial charge < -0.3 is 14.5 Å². The van der Waals surface area contributed by atoms with Crippen LogP contribution in [0.4, 0.5) is 5.13 Å². The molecule has 1 amide bonds. The number of fused-ring (bicyclic) bond motifs is 1. The molecule has 5 nitrogen and oxygen atoms in total. The molecule has 152 valence electrons. The van der Waals surface area contributed by atoms with Crippen LogP contribution in [0.5, 0.6) is 5.75 Å². The Bertz CT molecular complexity index is 989. The lowest BCUT2D eigenvalue weighted by molar-refractivity contribution is -0.130. The van der Waals surface area contributed by atoms with Crippen LogP contribution in [0.1, 0.15) is 30.9 Å². The number of amides is 1. The Morgan fingerprint density at radius 3 is 2.48 bits per heavy atom. The van der Waals surface area contributed by atoms with Crippen molar-refractivity contribution in [3.63, 3.8) is 0 Å². The molecule has 1 aliphatic rings. The van der Waals surface area contributed by atoms with Crippen molar-refractivity contribution in [3.8, 4) is 5.75 Å². The van der Waals surface area contributed by atoms with E-state index in [1.54, 1.807) is 18.4 Å². The van der Waals surface area contributed by atoms with Crippen LogP contribution in [0.3, 0.4) is 0 Å². The van der Waals surface area contributed by atoms with Gasteiger partial charge in [0.05, 0.1) is 23.7 Å². The predicted octanol–water partition coefficient (Wildman–Crippen LogP) is 4.32. The highest BCUT2D eigenvalue weighted by molar-refractivity contribution is 7.22. The van der Waals surface area contributed by atoms with E-state index in [-0.39, 0.29) is 5.91 Å². The fourth-order valence-electron chi connectivity index (χ4n) is 3.74. The maximum Gasteiger partial charge on any atom is 0.227 e. The average Bonchev–Trinajstić information content (AvgIpc) is 3.18. The fraction of sp³-hybridized carbons (Fsp3) is 0.391. The van der Waals surface area contributed by atoms with E-state index in [9.17, 15) is 4.79 Å². The lowest BCUT2D eigenvalue weighted by Crippen LogP contribution is -2.49. The van der Waals surface area contributed by atoms with Crippen LogP contribution in [0.2, 0.25) is 0 Å². The Kier molecular flexibility index (Phi) is 5.72. The van der Waals surface area contributed by atoms with Crippen molar-refractivity contribution in [1.82, 2.24) is 9.88 Å². The van der Waals surface area contributed by atoms with E-state index < -0.39 is 0 Å². The van der Waals surface area contributed by atoms with E-state index in [1.165, 1.54) is 10.3 Å². The molecule has 3 aromatic rings. The molecule has 1 saturated heterocycles. The quantitative estimate of drug-likeness (QED) is 0.630. The number of aromatic nitrogens is 1. The van der Waals surface area contributed by atoms with Gasteiger partial charge in [0, 0.05) is 26.2 Å². The zero-order valence-electron chi connectivity index (χ0n) is 17.2. The molecule has 0 bridgehead atoms. The molecule has 1 fully saturated rings. The van der Waals surface area contributed by atoms with Gasteiger partial charge in [-0.15, -0.1) is 0 Å². The molecule has 1 aromatic heterocycles. The molecule has 0 spiro atoms. The van der Waals surface area contributed by atoms with Gasteiger partial charge in [-0.05, 0) is 35.2 Å². The van der Waals surface area contributed by atoms with Crippen molar-refractivity contribution in [2.24, 2.45) is 0 Å². The lowest BCUT2D eigenvalue weighted by atomic mass is 10.0. The molecule has 0 radical (unpaired) electrons. The minimum absolute atomic E-state index is 0.182. The molecule has 0 atom stereocenters. The zero-order chi connectivity index (χ0) is 20.4. The fourth-order valence-corrected chi connectivity index (χ4v) is 4.79. The topological polar surface area (TPSA) is 45.7 Å². The maximum absolute atomic E-state index is 12.7. The molecule has 1 aliphatic heterocycles. The summed E-state index contributed by atoms with van der Waals surface area (Å²) < 4.78 is 6.42. The third-order valence-corrected chi connectivity index (χ3v) is 6.56. The second-order valence-electron chi connectivity index (χ2n) is 7.74. The second-order valence-corrected chi connectivity index (χ2v) is 8.75. The van der Waals surface area contributed by atoms with E-state index >= 15 is 0 Å². The number of methoxy groups -OCH3 is 1. The van der Waals surface area contributed by atoms with Crippen LogP contribution in [0.25, 0.3) is 10.2 Å². The molecule has 2 heterocycles. The van der Waals surface area contributed by atoms with E-state index in [4.69, 9.17) is 9.72 Å². The molecule has 0 N–H and O–H groups in total. The largest absolute Gasteiger partial charge is 0.497 e. The summed E-state index contributed by atoms with van der Waals surface area (Å²) in [5.74, 6) is 1.45. The first kappa shape index (κ1) is 19.7. The Morgan fingerprint density at radius 1 is 1.10 bits per heavy atom. The van der Waals surface area contributed by atoms with Crippen LogP contribution in [0.15, 0.2) is 42.5 Å². The number of nitrogens with zero attached hydrogens (tertiary/aromatic N) is 3. The number of para-hydroxylation sites is 1. The number of piperazine rings is 1. The Morgan fingerprint density at radius 2 is 1.83 bits per heavy atom. The Labute approximate surface area is 175 Å². The molecule has 29 heavy (non-hydrogen) atoms. The van der Waals surface area contributed by atoms with Crippen LogP contribution >= 0.6 is 11.3 Å². The van der Waals surface area contributed by atoms with E-state index in [2.05, 4.69) is 36.9 Å².